The number of carbonyl (C=O) groups excluding carboxylic acids is 1. The molecular formula is C20H30N4O3. The van der Waals surface area contributed by atoms with E-state index in [0.717, 1.165) is 76.9 Å². The van der Waals surface area contributed by atoms with E-state index in [1.165, 1.54) is 5.56 Å². The molecule has 7 heteroatoms. The summed E-state index contributed by atoms with van der Waals surface area (Å²) in [5.41, 5.74) is 1.23. The smallest absolute Gasteiger partial charge is 0.231 e. The summed E-state index contributed by atoms with van der Waals surface area (Å²) < 4.78 is 10.8. The van der Waals surface area contributed by atoms with Gasteiger partial charge >= 0.3 is 0 Å². The van der Waals surface area contributed by atoms with Crippen LogP contribution >= 0.6 is 0 Å². The number of carbonyl (C=O) groups is 1. The first kappa shape index (κ1) is 18.5. The highest BCUT2D eigenvalue weighted by Gasteiger charge is 2.23. The van der Waals surface area contributed by atoms with Crippen LogP contribution in [0.4, 0.5) is 0 Å². The SMILES string of the molecule is CN1CCN(CCC(=O)N2CCN(Cc3ccc4c(c3)OCO4)CC2)CC1. The van der Waals surface area contributed by atoms with Gasteiger partial charge in [0.05, 0.1) is 0 Å². The maximum Gasteiger partial charge on any atom is 0.231 e. The second kappa shape index (κ2) is 8.46. The lowest BCUT2D eigenvalue weighted by Gasteiger charge is -2.36. The summed E-state index contributed by atoms with van der Waals surface area (Å²) in [7, 11) is 2.16. The molecule has 2 saturated heterocycles. The van der Waals surface area contributed by atoms with E-state index in [0.29, 0.717) is 19.1 Å². The topological polar surface area (TPSA) is 48.5 Å². The number of piperazine rings is 2. The Morgan fingerprint density at radius 1 is 0.926 bits per heavy atom. The molecule has 148 valence electrons. The lowest BCUT2D eigenvalue weighted by Crippen LogP contribution is -2.49. The number of hydrogen-bond acceptors (Lipinski definition) is 6. The quantitative estimate of drug-likeness (QED) is 0.756. The van der Waals surface area contributed by atoms with Gasteiger partial charge in [-0.2, -0.15) is 0 Å². The van der Waals surface area contributed by atoms with Crippen molar-refractivity contribution in [1.82, 2.24) is 19.6 Å². The average Bonchev–Trinajstić information content (AvgIpc) is 3.16. The Hall–Kier alpha value is -1.83. The standard InChI is InChI=1S/C20H30N4O3/c1-21-6-8-22(9-7-21)5-4-20(25)24-12-10-23(11-13-24)15-17-2-3-18-19(14-17)27-16-26-18/h2-3,14H,4-13,15-16H2,1H3. The van der Waals surface area contributed by atoms with E-state index < -0.39 is 0 Å². The molecule has 1 amide bonds. The lowest BCUT2D eigenvalue weighted by atomic mass is 10.1. The van der Waals surface area contributed by atoms with Gasteiger partial charge in [0.1, 0.15) is 0 Å². The monoisotopic (exact) mass is 374 g/mol. The molecule has 0 aromatic heterocycles. The molecule has 3 heterocycles. The van der Waals surface area contributed by atoms with Crippen LogP contribution < -0.4 is 9.47 Å². The molecule has 1 aromatic carbocycles. The van der Waals surface area contributed by atoms with Crippen molar-refractivity contribution in [3.05, 3.63) is 23.8 Å². The Balaban J connectivity index is 1.19. The predicted molar refractivity (Wildman–Crippen MR) is 103 cm³/mol. The summed E-state index contributed by atoms with van der Waals surface area (Å²) >= 11 is 0. The van der Waals surface area contributed by atoms with Gasteiger partial charge in [-0.3, -0.25) is 9.69 Å². The molecule has 0 aliphatic carbocycles. The number of fused-ring (bicyclic) bond motifs is 1. The second-order valence-electron chi connectivity index (χ2n) is 7.74. The van der Waals surface area contributed by atoms with E-state index in [1.54, 1.807) is 0 Å². The molecule has 0 unspecified atom stereocenters. The van der Waals surface area contributed by atoms with Crippen molar-refractivity contribution in [2.45, 2.75) is 13.0 Å². The minimum atomic E-state index is 0.302. The number of ether oxygens (including phenoxy) is 2. The van der Waals surface area contributed by atoms with Crippen molar-refractivity contribution >= 4 is 5.91 Å². The van der Waals surface area contributed by atoms with Crippen LogP contribution in [0.25, 0.3) is 0 Å². The normalized spacial score (nSPS) is 21.6. The summed E-state index contributed by atoms with van der Waals surface area (Å²) in [5, 5.41) is 0. The summed E-state index contributed by atoms with van der Waals surface area (Å²) in [4.78, 5) is 21.7. The molecule has 0 spiro atoms. The first-order chi connectivity index (χ1) is 13.2. The maximum atomic E-state index is 12.5. The molecule has 2 fully saturated rings. The molecule has 3 aliphatic rings. The molecule has 0 radical (unpaired) electrons. The van der Waals surface area contributed by atoms with Crippen molar-refractivity contribution in [3.63, 3.8) is 0 Å². The van der Waals surface area contributed by atoms with Crippen LogP contribution in [0.1, 0.15) is 12.0 Å². The molecule has 27 heavy (non-hydrogen) atoms. The molecule has 3 aliphatic heterocycles. The summed E-state index contributed by atoms with van der Waals surface area (Å²) in [6.45, 7) is 9.96. The molecule has 0 bridgehead atoms. The number of amides is 1. The number of hydrogen-bond donors (Lipinski definition) is 0. The Bertz CT molecular complexity index is 653. The van der Waals surface area contributed by atoms with Crippen LogP contribution in [0.15, 0.2) is 18.2 Å². The van der Waals surface area contributed by atoms with Crippen molar-refractivity contribution in [3.8, 4) is 11.5 Å². The van der Waals surface area contributed by atoms with Crippen LogP contribution in [0.3, 0.4) is 0 Å². The Labute approximate surface area is 161 Å². The van der Waals surface area contributed by atoms with Gasteiger partial charge in [0.2, 0.25) is 12.7 Å². The van der Waals surface area contributed by atoms with Crippen LogP contribution in [0.2, 0.25) is 0 Å². The molecule has 7 nitrogen and oxygen atoms in total. The van der Waals surface area contributed by atoms with E-state index in [2.05, 4.69) is 33.9 Å². The average molecular weight is 374 g/mol. The number of likely N-dealkylation sites (N-methyl/N-ethyl adjacent to an activating group) is 1. The fraction of sp³-hybridized carbons (Fsp3) is 0.650. The highest BCUT2D eigenvalue weighted by Crippen LogP contribution is 2.32. The van der Waals surface area contributed by atoms with Gasteiger partial charge in [0.25, 0.3) is 0 Å². The Kier molecular flexibility index (Phi) is 5.80. The van der Waals surface area contributed by atoms with E-state index in [1.807, 2.05) is 11.0 Å². The van der Waals surface area contributed by atoms with Crippen LogP contribution in [0, 0.1) is 0 Å². The fourth-order valence-electron chi connectivity index (χ4n) is 3.94. The van der Waals surface area contributed by atoms with Crippen molar-refractivity contribution in [2.24, 2.45) is 0 Å². The van der Waals surface area contributed by atoms with E-state index in [4.69, 9.17) is 9.47 Å². The zero-order valence-electron chi connectivity index (χ0n) is 16.2. The second-order valence-corrected chi connectivity index (χ2v) is 7.74. The summed E-state index contributed by atoms with van der Waals surface area (Å²) in [5.74, 6) is 1.97. The molecule has 0 atom stereocenters. The third-order valence-electron chi connectivity index (χ3n) is 5.81. The number of rotatable bonds is 5. The molecular weight excluding hydrogens is 344 g/mol. The number of benzene rings is 1. The Morgan fingerprint density at radius 3 is 2.41 bits per heavy atom. The predicted octanol–water partition coefficient (Wildman–Crippen LogP) is 0.697. The third-order valence-corrected chi connectivity index (χ3v) is 5.81. The highest BCUT2D eigenvalue weighted by atomic mass is 16.7. The van der Waals surface area contributed by atoms with Crippen LogP contribution in [-0.4, -0.2) is 98.3 Å². The van der Waals surface area contributed by atoms with Gasteiger partial charge < -0.3 is 24.2 Å². The van der Waals surface area contributed by atoms with Gasteiger partial charge in [-0.15, -0.1) is 0 Å². The third kappa shape index (κ3) is 4.72. The zero-order chi connectivity index (χ0) is 18.6. The first-order valence-electron chi connectivity index (χ1n) is 9.97. The zero-order valence-corrected chi connectivity index (χ0v) is 16.2. The minimum absolute atomic E-state index is 0.302. The van der Waals surface area contributed by atoms with E-state index in [-0.39, 0.29) is 0 Å². The van der Waals surface area contributed by atoms with Gasteiger partial charge in [0, 0.05) is 71.9 Å². The van der Waals surface area contributed by atoms with Gasteiger partial charge in [-0.25, -0.2) is 0 Å². The molecule has 0 saturated carbocycles. The summed E-state index contributed by atoms with van der Waals surface area (Å²) in [6, 6.07) is 6.15. The maximum absolute atomic E-state index is 12.5. The summed E-state index contributed by atoms with van der Waals surface area (Å²) in [6.07, 6.45) is 0.645. The van der Waals surface area contributed by atoms with E-state index in [9.17, 15) is 4.79 Å². The molecule has 1 aromatic rings. The van der Waals surface area contributed by atoms with E-state index >= 15 is 0 Å². The van der Waals surface area contributed by atoms with Gasteiger partial charge in [-0.05, 0) is 24.7 Å². The highest BCUT2D eigenvalue weighted by molar-refractivity contribution is 5.76. The van der Waals surface area contributed by atoms with Gasteiger partial charge in [-0.1, -0.05) is 6.07 Å². The molecule has 0 N–H and O–H groups in total. The lowest BCUT2D eigenvalue weighted by molar-refractivity contribution is -0.133. The fourth-order valence-corrected chi connectivity index (χ4v) is 3.94. The van der Waals surface area contributed by atoms with Gasteiger partial charge in [0.15, 0.2) is 11.5 Å². The number of nitrogens with zero attached hydrogens (tertiary/aromatic N) is 4. The van der Waals surface area contributed by atoms with Crippen LogP contribution in [0.5, 0.6) is 11.5 Å². The van der Waals surface area contributed by atoms with Crippen molar-refractivity contribution in [2.75, 3.05) is 72.7 Å². The Morgan fingerprint density at radius 2 is 1.63 bits per heavy atom. The molecule has 4 rings (SSSR count). The van der Waals surface area contributed by atoms with Crippen LogP contribution in [-0.2, 0) is 11.3 Å². The largest absolute Gasteiger partial charge is 0.454 e. The van der Waals surface area contributed by atoms with Crippen molar-refractivity contribution in [1.29, 1.82) is 0 Å². The minimum Gasteiger partial charge on any atom is -0.454 e. The van der Waals surface area contributed by atoms with Crippen molar-refractivity contribution < 1.29 is 14.3 Å². The first-order valence-corrected chi connectivity index (χ1v) is 9.97.